The summed E-state index contributed by atoms with van der Waals surface area (Å²) in [6.45, 7) is 0. The van der Waals surface area contributed by atoms with Gasteiger partial charge in [-0.15, -0.1) is 23.5 Å². The molecule has 4 rings (SSSR count). The van der Waals surface area contributed by atoms with E-state index in [2.05, 4.69) is 5.32 Å². The van der Waals surface area contributed by atoms with Crippen LogP contribution in [0.5, 0.6) is 0 Å². The Bertz CT molecular complexity index is 1050. The molecular weight excluding hydrogens is 420 g/mol. The lowest BCUT2D eigenvalue weighted by atomic mass is 10.1. The Morgan fingerprint density at radius 1 is 1.00 bits per heavy atom. The number of carbonyl (C=O) groups excluding carboxylic acids is 1. The first-order valence-electron chi connectivity index (χ1n) is 9.65. The van der Waals surface area contributed by atoms with Crippen molar-refractivity contribution in [1.29, 1.82) is 0 Å². The smallest absolute Gasteiger partial charge is 0.228 e. The molecule has 1 fully saturated rings. The Hall–Kier alpha value is -2.31. The summed E-state index contributed by atoms with van der Waals surface area (Å²) in [5.74, 6) is -0.710. The predicted octanol–water partition coefficient (Wildman–Crippen LogP) is 6.65. The highest BCUT2D eigenvalue weighted by Gasteiger charge is 2.45. The fourth-order valence-electron chi connectivity index (χ4n) is 3.36. The van der Waals surface area contributed by atoms with Gasteiger partial charge in [0.1, 0.15) is 11.6 Å². The molecule has 0 bridgehead atoms. The molecule has 2 nitrogen and oxygen atoms in total. The van der Waals surface area contributed by atoms with Gasteiger partial charge in [0.2, 0.25) is 5.91 Å². The number of hydrogen-bond acceptors (Lipinski definition) is 3. The van der Waals surface area contributed by atoms with Crippen LogP contribution in [0.2, 0.25) is 0 Å². The first-order valence-corrected chi connectivity index (χ1v) is 11.7. The maximum atomic E-state index is 13.9. The molecule has 1 aliphatic carbocycles. The van der Waals surface area contributed by atoms with Gasteiger partial charge in [-0.3, -0.25) is 4.79 Å². The Kier molecular flexibility index (Phi) is 6.16. The second-order valence-corrected chi connectivity index (χ2v) is 9.63. The van der Waals surface area contributed by atoms with Crippen molar-refractivity contribution in [2.24, 2.45) is 0 Å². The van der Waals surface area contributed by atoms with Crippen molar-refractivity contribution in [2.75, 3.05) is 11.6 Å². The first kappa shape index (κ1) is 20.9. The van der Waals surface area contributed by atoms with E-state index in [1.807, 2.05) is 42.7 Å². The van der Waals surface area contributed by atoms with Gasteiger partial charge in [-0.1, -0.05) is 18.2 Å². The SMILES string of the molecule is CSc1ccc(CC(=O)Nc2ccc(C3(Sc4ccc(F)cc4)CC3)cc2)cc1F. The molecule has 3 aromatic rings. The molecule has 3 aromatic carbocycles. The maximum Gasteiger partial charge on any atom is 0.228 e. The summed E-state index contributed by atoms with van der Waals surface area (Å²) in [6.07, 6.45) is 4.08. The van der Waals surface area contributed by atoms with Gasteiger partial charge in [0, 0.05) is 20.2 Å². The van der Waals surface area contributed by atoms with Crippen LogP contribution in [0.15, 0.2) is 76.5 Å². The van der Waals surface area contributed by atoms with Crippen molar-refractivity contribution in [2.45, 2.75) is 33.8 Å². The number of amides is 1. The largest absolute Gasteiger partial charge is 0.326 e. The highest BCUT2D eigenvalue weighted by atomic mass is 32.2. The summed E-state index contributed by atoms with van der Waals surface area (Å²) >= 11 is 3.09. The third-order valence-electron chi connectivity index (χ3n) is 5.11. The van der Waals surface area contributed by atoms with Crippen LogP contribution in [0.3, 0.4) is 0 Å². The number of nitrogens with one attached hydrogen (secondary N) is 1. The summed E-state index contributed by atoms with van der Waals surface area (Å²) in [5.41, 5.74) is 2.56. The summed E-state index contributed by atoms with van der Waals surface area (Å²) in [7, 11) is 0. The Morgan fingerprint density at radius 3 is 2.30 bits per heavy atom. The standard InChI is InChI=1S/C24H21F2NOS2/c1-29-22-11-2-16(14-21(22)26)15-23(28)27-19-7-3-17(4-8-19)24(12-13-24)30-20-9-5-18(25)6-10-20/h2-11,14H,12-13,15H2,1H3,(H,27,28). The van der Waals surface area contributed by atoms with Gasteiger partial charge in [-0.25, -0.2) is 8.78 Å². The minimum absolute atomic E-state index is 0.0247. The van der Waals surface area contributed by atoms with Crippen LogP contribution in [-0.4, -0.2) is 12.2 Å². The summed E-state index contributed by atoms with van der Waals surface area (Å²) in [6, 6.07) is 19.3. The maximum absolute atomic E-state index is 13.9. The number of anilines is 1. The zero-order valence-electron chi connectivity index (χ0n) is 16.5. The lowest BCUT2D eigenvalue weighted by Gasteiger charge is -2.16. The van der Waals surface area contributed by atoms with E-state index in [0.717, 1.165) is 17.7 Å². The molecule has 1 amide bonds. The zero-order chi connectivity index (χ0) is 21.1. The van der Waals surface area contributed by atoms with Gasteiger partial charge in [0.05, 0.1) is 6.42 Å². The van der Waals surface area contributed by atoms with Crippen LogP contribution in [0.25, 0.3) is 0 Å². The molecule has 0 radical (unpaired) electrons. The Balaban J connectivity index is 1.38. The highest BCUT2D eigenvalue weighted by Crippen LogP contribution is 2.59. The zero-order valence-corrected chi connectivity index (χ0v) is 18.1. The van der Waals surface area contributed by atoms with E-state index in [1.54, 1.807) is 23.9 Å². The molecule has 30 heavy (non-hydrogen) atoms. The molecular formula is C24H21F2NOS2. The molecule has 1 N–H and O–H groups in total. The minimum atomic E-state index is -0.300. The third kappa shape index (κ3) is 4.87. The van der Waals surface area contributed by atoms with Crippen LogP contribution in [0.4, 0.5) is 14.5 Å². The van der Waals surface area contributed by atoms with Crippen LogP contribution >= 0.6 is 23.5 Å². The van der Waals surface area contributed by atoms with E-state index in [4.69, 9.17) is 0 Å². The van der Waals surface area contributed by atoms with Crippen molar-refractivity contribution < 1.29 is 13.6 Å². The van der Waals surface area contributed by atoms with E-state index in [9.17, 15) is 13.6 Å². The molecule has 0 unspecified atom stereocenters. The van der Waals surface area contributed by atoms with E-state index in [-0.39, 0.29) is 28.7 Å². The molecule has 154 valence electrons. The lowest BCUT2D eigenvalue weighted by Crippen LogP contribution is -2.14. The number of carbonyl (C=O) groups is 1. The van der Waals surface area contributed by atoms with E-state index >= 15 is 0 Å². The van der Waals surface area contributed by atoms with E-state index in [0.29, 0.717) is 16.1 Å². The minimum Gasteiger partial charge on any atom is -0.326 e. The molecule has 0 saturated heterocycles. The summed E-state index contributed by atoms with van der Waals surface area (Å²) in [4.78, 5) is 14.0. The average molecular weight is 442 g/mol. The number of rotatable bonds is 7. The first-order chi connectivity index (χ1) is 14.5. The predicted molar refractivity (Wildman–Crippen MR) is 120 cm³/mol. The molecule has 0 heterocycles. The molecule has 0 aromatic heterocycles. The second kappa shape index (κ2) is 8.82. The van der Waals surface area contributed by atoms with Crippen LogP contribution < -0.4 is 5.32 Å². The number of thioether (sulfide) groups is 2. The topological polar surface area (TPSA) is 29.1 Å². The van der Waals surface area contributed by atoms with E-state index < -0.39 is 0 Å². The quantitative estimate of drug-likeness (QED) is 0.416. The van der Waals surface area contributed by atoms with E-state index in [1.165, 1.54) is 35.5 Å². The average Bonchev–Trinajstić information content (AvgIpc) is 3.51. The van der Waals surface area contributed by atoms with Crippen LogP contribution in [0.1, 0.15) is 24.0 Å². The second-order valence-electron chi connectivity index (χ2n) is 7.32. The molecule has 0 spiro atoms. The number of benzene rings is 3. The Labute approximate surface area is 183 Å². The van der Waals surface area contributed by atoms with Gasteiger partial charge in [0.25, 0.3) is 0 Å². The van der Waals surface area contributed by atoms with Crippen molar-refractivity contribution in [1.82, 2.24) is 0 Å². The van der Waals surface area contributed by atoms with Gasteiger partial charge >= 0.3 is 0 Å². The Morgan fingerprint density at radius 2 is 1.70 bits per heavy atom. The van der Waals surface area contributed by atoms with Crippen LogP contribution in [-0.2, 0) is 16.0 Å². The van der Waals surface area contributed by atoms with Crippen molar-refractivity contribution >= 4 is 35.1 Å². The van der Waals surface area contributed by atoms with Crippen molar-refractivity contribution in [3.05, 3.63) is 89.5 Å². The monoisotopic (exact) mass is 441 g/mol. The molecule has 1 aliphatic rings. The fourth-order valence-corrected chi connectivity index (χ4v) is 5.10. The van der Waals surface area contributed by atoms with Crippen molar-refractivity contribution in [3.63, 3.8) is 0 Å². The summed E-state index contributed by atoms with van der Waals surface area (Å²) < 4.78 is 27.1. The van der Waals surface area contributed by atoms with Gasteiger partial charge in [-0.2, -0.15) is 0 Å². The van der Waals surface area contributed by atoms with Gasteiger partial charge in [0.15, 0.2) is 0 Å². The number of hydrogen-bond donors (Lipinski definition) is 1. The molecule has 6 heteroatoms. The lowest BCUT2D eigenvalue weighted by molar-refractivity contribution is -0.115. The molecule has 0 atom stereocenters. The highest BCUT2D eigenvalue weighted by molar-refractivity contribution is 8.00. The van der Waals surface area contributed by atoms with Crippen molar-refractivity contribution in [3.8, 4) is 0 Å². The number of halogens is 2. The van der Waals surface area contributed by atoms with Gasteiger partial charge in [-0.05, 0) is 78.8 Å². The fraction of sp³-hybridized carbons (Fsp3) is 0.208. The van der Waals surface area contributed by atoms with Crippen LogP contribution in [0, 0.1) is 11.6 Å². The third-order valence-corrected chi connectivity index (χ3v) is 7.42. The molecule has 1 saturated carbocycles. The summed E-state index contributed by atoms with van der Waals surface area (Å²) in [5, 5.41) is 2.88. The van der Waals surface area contributed by atoms with Gasteiger partial charge < -0.3 is 5.32 Å². The molecule has 0 aliphatic heterocycles. The normalized spacial score (nSPS) is 14.4.